The number of rotatable bonds is 6. The lowest BCUT2D eigenvalue weighted by Gasteiger charge is -2.22. The van der Waals surface area contributed by atoms with Gasteiger partial charge < -0.3 is 9.64 Å². The summed E-state index contributed by atoms with van der Waals surface area (Å²) in [5.41, 5.74) is 2.09. The maximum absolute atomic E-state index is 5.81. The number of alkyl halides is 1. The van der Waals surface area contributed by atoms with Gasteiger partial charge in [-0.25, -0.2) is 4.98 Å². The summed E-state index contributed by atoms with van der Waals surface area (Å²) in [5, 5.41) is 0. The van der Waals surface area contributed by atoms with E-state index in [1.807, 2.05) is 19.1 Å². The molecule has 0 spiro atoms. The summed E-state index contributed by atoms with van der Waals surface area (Å²) in [4.78, 5) is 6.74. The minimum Gasteiger partial charge on any atom is -0.383 e. The molecule has 0 amide bonds. The molecule has 4 heteroatoms. The fourth-order valence-electron chi connectivity index (χ4n) is 1.53. The van der Waals surface area contributed by atoms with Crippen LogP contribution < -0.4 is 4.90 Å². The second-order valence-electron chi connectivity index (χ2n) is 3.62. The van der Waals surface area contributed by atoms with Gasteiger partial charge >= 0.3 is 0 Å². The third-order valence-electron chi connectivity index (χ3n) is 2.60. The van der Waals surface area contributed by atoms with E-state index in [0.29, 0.717) is 12.5 Å². The normalized spacial score (nSPS) is 10.5. The molecule has 3 nitrogen and oxygen atoms in total. The van der Waals surface area contributed by atoms with Gasteiger partial charge in [-0.2, -0.15) is 0 Å². The average molecular weight is 243 g/mol. The van der Waals surface area contributed by atoms with E-state index in [0.717, 1.165) is 30.2 Å². The Hall–Kier alpha value is -0.800. The quantitative estimate of drug-likeness (QED) is 0.717. The van der Waals surface area contributed by atoms with Crippen LogP contribution in [0.4, 0.5) is 5.82 Å². The van der Waals surface area contributed by atoms with E-state index in [-0.39, 0.29) is 0 Å². The maximum atomic E-state index is 5.81. The summed E-state index contributed by atoms with van der Waals surface area (Å²) < 4.78 is 5.08. The minimum atomic E-state index is 0.517. The molecule has 0 atom stereocenters. The summed E-state index contributed by atoms with van der Waals surface area (Å²) >= 11 is 5.81. The average Bonchev–Trinajstić information content (AvgIpc) is 2.30. The number of anilines is 1. The molecule has 0 unspecified atom stereocenters. The molecule has 0 aliphatic carbocycles. The standard InChI is InChI=1S/C12H19ClN2O/c1-4-15(7-8-16-3)12-6-5-11(9-13)10(2)14-12/h5-6H,4,7-9H2,1-3H3. The third-order valence-corrected chi connectivity index (χ3v) is 2.88. The highest BCUT2D eigenvalue weighted by Crippen LogP contribution is 2.15. The van der Waals surface area contributed by atoms with Gasteiger partial charge in [0.2, 0.25) is 0 Å². The van der Waals surface area contributed by atoms with Crippen LogP contribution >= 0.6 is 11.6 Å². The zero-order valence-corrected chi connectivity index (χ0v) is 10.9. The molecule has 1 heterocycles. The number of halogens is 1. The summed E-state index contributed by atoms with van der Waals surface area (Å²) in [6.45, 7) is 6.61. The Bertz CT molecular complexity index is 331. The zero-order chi connectivity index (χ0) is 12.0. The molecule has 90 valence electrons. The van der Waals surface area contributed by atoms with Crippen LogP contribution in [0.2, 0.25) is 0 Å². The molecule has 0 saturated carbocycles. The molecule has 0 radical (unpaired) electrons. The first-order valence-corrected chi connectivity index (χ1v) is 6.02. The van der Waals surface area contributed by atoms with Gasteiger partial charge in [0.1, 0.15) is 5.82 Å². The van der Waals surface area contributed by atoms with Gasteiger partial charge in [-0.3, -0.25) is 0 Å². The van der Waals surface area contributed by atoms with Crippen molar-refractivity contribution in [3.8, 4) is 0 Å². The van der Waals surface area contributed by atoms with E-state index in [1.54, 1.807) is 7.11 Å². The smallest absolute Gasteiger partial charge is 0.128 e. The predicted molar refractivity (Wildman–Crippen MR) is 68.3 cm³/mol. The van der Waals surface area contributed by atoms with E-state index in [1.165, 1.54) is 0 Å². The Labute approximate surface area is 102 Å². The summed E-state index contributed by atoms with van der Waals surface area (Å²) in [5.74, 6) is 1.51. The van der Waals surface area contributed by atoms with Crippen LogP contribution in [0.15, 0.2) is 12.1 Å². The van der Waals surface area contributed by atoms with Crippen LogP contribution in [-0.2, 0) is 10.6 Å². The second-order valence-corrected chi connectivity index (χ2v) is 3.89. The molecule has 1 rings (SSSR count). The molecule has 1 aromatic rings. The summed E-state index contributed by atoms with van der Waals surface area (Å²) in [6, 6.07) is 4.06. The Morgan fingerprint density at radius 2 is 2.19 bits per heavy atom. The molecular weight excluding hydrogens is 224 g/mol. The lowest BCUT2D eigenvalue weighted by atomic mass is 10.2. The number of nitrogens with zero attached hydrogens (tertiary/aromatic N) is 2. The van der Waals surface area contributed by atoms with E-state index in [2.05, 4.69) is 16.8 Å². The molecule has 0 saturated heterocycles. The molecule has 0 N–H and O–H groups in total. The number of pyridine rings is 1. The van der Waals surface area contributed by atoms with Crippen molar-refractivity contribution in [1.82, 2.24) is 4.98 Å². The highest BCUT2D eigenvalue weighted by Gasteiger charge is 2.07. The largest absolute Gasteiger partial charge is 0.383 e. The predicted octanol–water partition coefficient (Wildman–Crippen LogP) is 2.60. The van der Waals surface area contributed by atoms with Gasteiger partial charge in [-0.15, -0.1) is 11.6 Å². The number of hydrogen-bond donors (Lipinski definition) is 0. The van der Waals surface area contributed by atoms with Gasteiger partial charge in [0.15, 0.2) is 0 Å². The number of methoxy groups -OCH3 is 1. The molecule has 16 heavy (non-hydrogen) atoms. The molecule has 0 fully saturated rings. The van der Waals surface area contributed by atoms with Crippen LogP contribution in [0.3, 0.4) is 0 Å². The molecule has 0 aromatic carbocycles. The first-order valence-electron chi connectivity index (χ1n) is 5.49. The van der Waals surface area contributed by atoms with Crippen molar-refractivity contribution in [2.75, 3.05) is 31.7 Å². The van der Waals surface area contributed by atoms with Crippen molar-refractivity contribution in [3.05, 3.63) is 23.4 Å². The lowest BCUT2D eigenvalue weighted by molar-refractivity contribution is 0.205. The van der Waals surface area contributed by atoms with Crippen LogP contribution in [0, 0.1) is 6.92 Å². The van der Waals surface area contributed by atoms with Gasteiger partial charge in [-0.05, 0) is 25.5 Å². The number of aryl methyl sites for hydroxylation is 1. The molecule has 0 bridgehead atoms. The Morgan fingerprint density at radius 1 is 1.44 bits per heavy atom. The second kappa shape index (κ2) is 6.71. The number of aromatic nitrogens is 1. The van der Waals surface area contributed by atoms with Gasteiger partial charge in [0.05, 0.1) is 6.61 Å². The zero-order valence-electron chi connectivity index (χ0n) is 10.2. The fraction of sp³-hybridized carbons (Fsp3) is 0.583. The number of likely N-dealkylation sites (N-methyl/N-ethyl adjacent to an activating group) is 1. The lowest BCUT2D eigenvalue weighted by Crippen LogP contribution is -2.27. The van der Waals surface area contributed by atoms with Crippen molar-refractivity contribution in [2.45, 2.75) is 19.7 Å². The van der Waals surface area contributed by atoms with E-state index in [4.69, 9.17) is 16.3 Å². The first-order chi connectivity index (χ1) is 7.72. The highest BCUT2D eigenvalue weighted by molar-refractivity contribution is 6.17. The molecule has 1 aromatic heterocycles. The van der Waals surface area contributed by atoms with Gasteiger partial charge in [-0.1, -0.05) is 6.07 Å². The van der Waals surface area contributed by atoms with Crippen LogP contribution in [0.5, 0.6) is 0 Å². The van der Waals surface area contributed by atoms with Crippen LogP contribution in [0.1, 0.15) is 18.2 Å². The van der Waals surface area contributed by atoms with Gasteiger partial charge in [0.25, 0.3) is 0 Å². The van der Waals surface area contributed by atoms with Crippen molar-refractivity contribution in [3.63, 3.8) is 0 Å². The fourth-order valence-corrected chi connectivity index (χ4v) is 1.81. The van der Waals surface area contributed by atoms with Crippen LogP contribution in [-0.4, -0.2) is 31.8 Å². The summed E-state index contributed by atoms with van der Waals surface area (Å²) in [6.07, 6.45) is 0. The first kappa shape index (κ1) is 13.3. The van der Waals surface area contributed by atoms with Crippen molar-refractivity contribution in [2.24, 2.45) is 0 Å². The topological polar surface area (TPSA) is 25.4 Å². The SMILES string of the molecule is CCN(CCOC)c1ccc(CCl)c(C)n1. The molecule has 0 aliphatic rings. The molecular formula is C12H19ClN2O. The maximum Gasteiger partial charge on any atom is 0.128 e. The van der Waals surface area contributed by atoms with Gasteiger partial charge in [0, 0.05) is 31.8 Å². The third kappa shape index (κ3) is 3.35. The van der Waals surface area contributed by atoms with Crippen molar-refractivity contribution < 1.29 is 4.74 Å². The van der Waals surface area contributed by atoms with E-state index < -0.39 is 0 Å². The Kier molecular flexibility index (Phi) is 5.56. The Balaban J connectivity index is 2.80. The summed E-state index contributed by atoms with van der Waals surface area (Å²) in [7, 11) is 1.71. The minimum absolute atomic E-state index is 0.517. The monoisotopic (exact) mass is 242 g/mol. The number of ether oxygens (including phenoxy) is 1. The Morgan fingerprint density at radius 3 is 2.69 bits per heavy atom. The van der Waals surface area contributed by atoms with Crippen molar-refractivity contribution >= 4 is 17.4 Å². The van der Waals surface area contributed by atoms with Crippen molar-refractivity contribution in [1.29, 1.82) is 0 Å². The van der Waals surface area contributed by atoms with E-state index in [9.17, 15) is 0 Å². The number of hydrogen-bond acceptors (Lipinski definition) is 3. The molecule has 0 aliphatic heterocycles. The van der Waals surface area contributed by atoms with Crippen LogP contribution in [0.25, 0.3) is 0 Å². The van der Waals surface area contributed by atoms with E-state index >= 15 is 0 Å². The highest BCUT2D eigenvalue weighted by atomic mass is 35.5.